The lowest BCUT2D eigenvalue weighted by atomic mass is 10.1. The predicted octanol–water partition coefficient (Wildman–Crippen LogP) is 1.95. The largest absolute Gasteiger partial charge is 0.337 e. The van der Waals surface area contributed by atoms with Crippen LogP contribution in [0, 0.1) is 0 Å². The fraction of sp³-hybridized carbons (Fsp3) is 0.429. The van der Waals surface area contributed by atoms with Crippen LogP contribution in [-0.2, 0) is 11.2 Å². The van der Waals surface area contributed by atoms with Crippen LogP contribution in [0.25, 0.3) is 0 Å². The molecule has 1 N–H and O–H groups in total. The van der Waals surface area contributed by atoms with Crippen LogP contribution in [-0.4, -0.2) is 29.9 Å². The summed E-state index contributed by atoms with van der Waals surface area (Å²) in [6, 6.07) is 9.72. The van der Waals surface area contributed by atoms with Crippen molar-refractivity contribution in [3.63, 3.8) is 0 Å². The molecule has 3 amide bonds. The van der Waals surface area contributed by atoms with E-state index in [1.807, 2.05) is 30.3 Å². The number of carbonyl (C=O) groups excluding carboxylic acids is 2. The molecule has 96 valence electrons. The van der Waals surface area contributed by atoms with Gasteiger partial charge in [-0.05, 0) is 24.8 Å². The molecule has 0 aromatic heterocycles. The number of hydrogen-bond donors (Lipinski definition) is 1. The van der Waals surface area contributed by atoms with Gasteiger partial charge in [0.1, 0.15) is 0 Å². The lowest BCUT2D eigenvalue weighted by Gasteiger charge is -2.24. The van der Waals surface area contributed by atoms with Gasteiger partial charge in [0.2, 0.25) is 5.91 Å². The Kier molecular flexibility index (Phi) is 4.34. The van der Waals surface area contributed by atoms with Crippen molar-refractivity contribution < 1.29 is 9.59 Å². The number of piperidine rings is 1. The van der Waals surface area contributed by atoms with Crippen LogP contribution in [0.4, 0.5) is 4.79 Å². The number of amides is 3. The maximum Gasteiger partial charge on any atom is 0.324 e. The smallest absolute Gasteiger partial charge is 0.324 e. The summed E-state index contributed by atoms with van der Waals surface area (Å²) in [6.07, 6.45) is 3.09. The van der Waals surface area contributed by atoms with Crippen LogP contribution in [0.3, 0.4) is 0 Å². The topological polar surface area (TPSA) is 49.4 Å². The molecule has 2 rings (SSSR count). The molecule has 1 saturated heterocycles. The van der Waals surface area contributed by atoms with Crippen LogP contribution >= 0.6 is 0 Å². The van der Waals surface area contributed by atoms with E-state index in [2.05, 4.69) is 5.32 Å². The minimum Gasteiger partial charge on any atom is -0.337 e. The average molecular weight is 246 g/mol. The SMILES string of the molecule is O=C1CCCCN1C(=O)NCCc1ccccc1. The van der Waals surface area contributed by atoms with Crippen molar-refractivity contribution in [3.8, 4) is 0 Å². The second-order valence-electron chi connectivity index (χ2n) is 4.47. The van der Waals surface area contributed by atoms with E-state index < -0.39 is 0 Å². The minimum absolute atomic E-state index is 0.0570. The van der Waals surface area contributed by atoms with Gasteiger partial charge < -0.3 is 5.32 Å². The number of rotatable bonds is 3. The van der Waals surface area contributed by atoms with E-state index in [1.165, 1.54) is 10.5 Å². The maximum atomic E-state index is 11.8. The molecule has 4 nitrogen and oxygen atoms in total. The van der Waals surface area contributed by atoms with Crippen LogP contribution < -0.4 is 5.32 Å². The molecule has 0 bridgehead atoms. The summed E-state index contributed by atoms with van der Waals surface area (Å²) < 4.78 is 0. The molecule has 0 saturated carbocycles. The lowest BCUT2D eigenvalue weighted by Crippen LogP contribution is -2.46. The van der Waals surface area contributed by atoms with Gasteiger partial charge in [-0.25, -0.2) is 4.79 Å². The first kappa shape index (κ1) is 12.6. The van der Waals surface area contributed by atoms with E-state index in [4.69, 9.17) is 0 Å². The molecular formula is C14H18N2O2. The quantitative estimate of drug-likeness (QED) is 0.886. The van der Waals surface area contributed by atoms with Crippen LogP contribution in [0.15, 0.2) is 30.3 Å². The van der Waals surface area contributed by atoms with Gasteiger partial charge in [-0.3, -0.25) is 9.69 Å². The molecule has 4 heteroatoms. The van der Waals surface area contributed by atoms with Crippen molar-refractivity contribution in [2.24, 2.45) is 0 Å². The molecule has 0 aliphatic carbocycles. The van der Waals surface area contributed by atoms with Gasteiger partial charge in [0.05, 0.1) is 0 Å². The minimum atomic E-state index is -0.254. The second-order valence-corrected chi connectivity index (χ2v) is 4.47. The van der Waals surface area contributed by atoms with Crippen molar-refractivity contribution in [1.82, 2.24) is 10.2 Å². The first-order valence-corrected chi connectivity index (χ1v) is 6.39. The Balaban J connectivity index is 1.76. The van der Waals surface area contributed by atoms with Crippen molar-refractivity contribution in [3.05, 3.63) is 35.9 Å². The molecule has 1 aliphatic rings. The standard InChI is InChI=1S/C14H18N2O2/c17-13-8-4-5-11-16(13)14(18)15-10-9-12-6-2-1-3-7-12/h1-3,6-7H,4-5,8-11H2,(H,15,18). The molecule has 18 heavy (non-hydrogen) atoms. The number of urea groups is 1. The molecular weight excluding hydrogens is 228 g/mol. The zero-order chi connectivity index (χ0) is 12.8. The molecule has 1 aromatic carbocycles. The number of hydrogen-bond acceptors (Lipinski definition) is 2. The first-order chi connectivity index (χ1) is 8.77. The van der Waals surface area contributed by atoms with E-state index in [1.54, 1.807) is 0 Å². The maximum absolute atomic E-state index is 11.8. The average Bonchev–Trinajstić information content (AvgIpc) is 2.40. The van der Waals surface area contributed by atoms with Gasteiger partial charge >= 0.3 is 6.03 Å². The zero-order valence-corrected chi connectivity index (χ0v) is 10.4. The summed E-state index contributed by atoms with van der Waals surface area (Å²) in [5.41, 5.74) is 1.18. The van der Waals surface area contributed by atoms with Gasteiger partial charge in [-0.15, -0.1) is 0 Å². The summed E-state index contributed by atoms with van der Waals surface area (Å²) in [7, 11) is 0. The van der Waals surface area contributed by atoms with Gasteiger partial charge in [0, 0.05) is 19.5 Å². The van der Waals surface area contributed by atoms with E-state index >= 15 is 0 Å². The lowest BCUT2D eigenvalue weighted by molar-refractivity contribution is -0.130. The monoisotopic (exact) mass is 246 g/mol. The summed E-state index contributed by atoms with van der Waals surface area (Å²) in [4.78, 5) is 24.7. The molecule has 0 unspecified atom stereocenters. The number of likely N-dealkylation sites (tertiary alicyclic amines) is 1. The van der Waals surface area contributed by atoms with Gasteiger partial charge in [-0.1, -0.05) is 30.3 Å². The van der Waals surface area contributed by atoms with E-state index in [0.717, 1.165) is 19.3 Å². The molecule has 0 radical (unpaired) electrons. The van der Waals surface area contributed by atoms with Crippen molar-refractivity contribution in [2.75, 3.05) is 13.1 Å². The number of nitrogens with zero attached hydrogens (tertiary/aromatic N) is 1. The second kappa shape index (κ2) is 6.19. The highest BCUT2D eigenvalue weighted by Crippen LogP contribution is 2.10. The summed E-state index contributed by atoms with van der Waals surface area (Å²) in [5.74, 6) is -0.0570. The highest BCUT2D eigenvalue weighted by atomic mass is 16.2. The highest BCUT2D eigenvalue weighted by Gasteiger charge is 2.23. The molecule has 0 spiro atoms. The van der Waals surface area contributed by atoms with E-state index in [-0.39, 0.29) is 11.9 Å². The highest BCUT2D eigenvalue weighted by molar-refractivity contribution is 5.94. The molecule has 1 aliphatic heterocycles. The van der Waals surface area contributed by atoms with Crippen molar-refractivity contribution in [1.29, 1.82) is 0 Å². The summed E-state index contributed by atoms with van der Waals surface area (Å²) in [5, 5.41) is 2.80. The van der Waals surface area contributed by atoms with Crippen LogP contribution in [0.5, 0.6) is 0 Å². The third kappa shape index (κ3) is 3.32. The molecule has 1 heterocycles. The summed E-state index contributed by atoms with van der Waals surface area (Å²) >= 11 is 0. The normalized spacial score (nSPS) is 15.6. The number of imide groups is 1. The van der Waals surface area contributed by atoms with Crippen LogP contribution in [0.2, 0.25) is 0 Å². The number of benzene rings is 1. The number of carbonyl (C=O) groups is 2. The Labute approximate surface area is 107 Å². The third-order valence-electron chi connectivity index (χ3n) is 3.10. The Bertz CT molecular complexity index is 417. The first-order valence-electron chi connectivity index (χ1n) is 6.39. The predicted molar refractivity (Wildman–Crippen MR) is 69.1 cm³/mol. The molecule has 0 atom stereocenters. The van der Waals surface area contributed by atoms with Crippen molar-refractivity contribution in [2.45, 2.75) is 25.7 Å². The Morgan fingerprint density at radius 2 is 2.00 bits per heavy atom. The fourth-order valence-corrected chi connectivity index (χ4v) is 2.07. The molecule has 1 fully saturated rings. The Morgan fingerprint density at radius 3 is 2.72 bits per heavy atom. The Hall–Kier alpha value is -1.84. The van der Waals surface area contributed by atoms with Gasteiger partial charge in [-0.2, -0.15) is 0 Å². The fourth-order valence-electron chi connectivity index (χ4n) is 2.07. The van der Waals surface area contributed by atoms with E-state index in [0.29, 0.717) is 19.5 Å². The summed E-state index contributed by atoms with van der Waals surface area (Å²) in [6.45, 7) is 1.11. The Morgan fingerprint density at radius 1 is 1.22 bits per heavy atom. The van der Waals surface area contributed by atoms with Gasteiger partial charge in [0.25, 0.3) is 0 Å². The number of nitrogens with one attached hydrogen (secondary N) is 1. The third-order valence-corrected chi connectivity index (χ3v) is 3.10. The van der Waals surface area contributed by atoms with Gasteiger partial charge in [0.15, 0.2) is 0 Å². The molecule has 1 aromatic rings. The van der Waals surface area contributed by atoms with Crippen LogP contribution in [0.1, 0.15) is 24.8 Å². The van der Waals surface area contributed by atoms with Crippen molar-refractivity contribution >= 4 is 11.9 Å². The van der Waals surface area contributed by atoms with E-state index in [9.17, 15) is 9.59 Å². The zero-order valence-electron chi connectivity index (χ0n) is 10.4.